The third-order valence-electron chi connectivity index (χ3n) is 5.44. The molecule has 28 heavy (non-hydrogen) atoms. The van der Waals surface area contributed by atoms with Gasteiger partial charge in [-0.05, 0) is 60.2 Å². The molecule has 0 atom stereocenters. The minimum Gasteiger partial charge on any atom is -0.489 e. The van der Waals surface area contributed by atoms with Crippen LogP contribution in [0, 0.1) is 0 Å². The molecule has 1 aliphatic carbocycles. The number of nitrogens with one attached hydrogen (secondary N) is 1. The van der Waals surface area contributed by atoms with Crippen molar-refractivity contribution in [3.05, 3.63) is 64.8 Å². The number of H-pyrrole nitrogens is 1. The molecule has 1 saturated carbocycles. The van der Waals surface area contributed by atoms with E-state index in [9.17, 15) is 18.3 Å². The van der Waals surface area contributed by atoms with Crippen molar-refractivity contribution in [2.45, 2.75) is 51.0 Å². The van der Waals surface area contributed by atoms with Crippen LogP contribution in [0.15, 0.2) is 42.5 Å². The minimum atomic E-state index is -4.36. The van der Waals surface area contributed by atoms with E-state index in [1.165, 1.54) is 6.07 Å². The fraction of sp³-hybridized carbons (Fsp3) is 0.364. The molecule has 148 valence electrons. The first-order valence-electron chi connectivity index (χ1n) is 9.49. The first-order valence-corrected chi connectivity index (χ1v) is 9.49. The number of benzene rings is 2. The fourth-order valence-corrected chi connectivity index (χ4v) is 4.04. The van der Waals surface area contributed by atoms with Crippen molar-refractivity contribution in [3.63, 3.8) is 0 Å². The maximum atomic E-state index is 13.6. The van der Waals surface area contributed by atoms with E-state index >= 15 is 0 Å². The number of hydrogen-bond donors (Lipinski definition) is 2. The smallest absolute Gasteiger partial charge is 0.416 e. The summed E-state index contributed by atoms with van der Waals surface area (Å²) in [6.07, 6.45) is -0.728. The van der Waals surface area contributed by atoms with E-state index in [0.717, 1.165) is 36.6 Å². The molecule has 4 rings (SSSR count). The molecule has 0 amide bonds. The van der Waals surface area contributed by atoms with Crippen molar-refractivity contribution in [1.82, 2.24) is 4.98 Å². The lowest BCUT2D eigenvalue weighted by Gasteiger charge is -2.19. The maximum Gasteiger partial charge on any atom is 0.416 e. The summed E-state index contributed by atoms with van der Waals surface area (Å²) in [6.45, 7) is -0.0186. The van der Waals surface area contributed by atoms with Gasteiger partial charge in [0.2, 0.25) is 0 Å². The van der Waals surface area contributed by atoms with E-state index in [2.05, 4.69) is 4.98 Å². The van der Waals surface area contributed by atoms with Crippen LogP contribution in [0.3, 0.4) is 0 Å². The lowest BCUT2D eigenvalue weighted by Crippen LogP contribution is -2.12. The molecule has 2 aromatic carbocycles. The summed E-state index contributed by atoms with van der Waals surface area (Å²) in [5.74, 6) is 0.577. The number of alkyl halides is 3. The molecular formula is C22H22F3NO2. The molecule has 0 unspecified atom stereocenters. The van der Waals surface area contributed by atoms with E-state index in [0.29, 0.717) is 22.6 Å². The van der Waals surface area contributed by atoms with Crippen LogP contribution in [0.5, 0.6) is 5.75 Å². The summed E-state index contributed by atoms with van der Waals surface area (Å²) in [4.78, 5) is 3.07. The van der Waals surface area contributed by atoms with Crippen molar-refractivity contribution >= 4 is 10.9 Å². The number of fused-ring (bicyclic) bond motifs is 1. The molecule has 1 aromatic heterocycles. The van der Waals surface area contributed by atoms with Gasteiger partial charge in [-0.2, -0.15) is 13.2 Å². The standard InChI is InChI=1S/C22H22F3NO2/c23-22(24,25)20-9-14(5-7-19(20)15-3-1-2-4-15)13-28-18-6-8-21-16(11-18)10-17(12-27)26-21/h5-11,15,26-27H,1-4,12-13H2. The van der Waals surface area contributed by atoms with Crippen molar-refractivity contribution in [2.75, 3.05) is 0 Å². The molecular weight excluding hydrogens is 367 g/mol. The van der Waals surface area contributed by atoms with Gasteiger partial charge in [-0.15, -0.1) is 0 Å². The summed E-state index contributed by atoms with van der Waals surface area (Å²) in [5.41, 5.74) is 1.95. The highest BCUT2D eigenvalue weighted by molar-refractivity contribution is 5.81. The monoisotopic (exact) mass is 389 g/mol. The van der Waals surface area contributed by atoms with Gasteiger partial charge in [0, 0.05) is 16.6 Å². The second kappa shape index (κ2) is 7.51. The molecule has 3 aromatic rings. The van der Waals surface area contributed by atoms with Gasteiger partial charge in [0.15, 0.2) is 0 Å². The van der Waals surface area contributed by atoms with E-state index in [1.54, 1.807) is 18.2 Å². The molecule has 1 fully saturated rings. The van der Waals surface area contributed by atoms with E-state index < -0.39 is 11.7 Å². The summed E-state index contributed by atoms with van der Waals surface area (Å²) in [6, 6.07) is 11.8. The average Bonchev–Trinajstić information content (AvgIpc) is 3.34. The van der Waals surface area contributed by atoms with Crippen LogP contribution in [-0.2, 0) is 19.4 Å². The first-order chi connectivity index (χ1) is 13.4. The topological polar surface area (TPSA) is 45.2 Å². The Morgan fingerprint density at radius 1 is 1.04 bits per heavy atom. The van der Waals surface area contributed by atoms with Crippen LogP contribution in [-0.4, -0.2) is 10.1 Å². The SMILES string of the molecule is OCc1cc2cc(OCc3ccc(C4CCCC4)c(C(F)(F)F)c3)ccc2[nH]1. The van der Waals surface area contributed by atoms with Crippen LogP contribution in [0.25, 0.3) is 10.9 Å². The summed E-state index contributed by atoms with van der Waals surface area (Å²) in [7, 11) is 0. The zero-order chi connectivity index (χ0) is 19.7. The van der Waals surface area contributed by atoms with Crippen molar-refractivity contribution in [1.29, 1.82) is 0 Å². The molecule has 0 aliphatic heterocycles. The zero-order valence-corrected chi connectivity index (χ0v) is 15.4. The molecule has 2 N–H and O–H groups in total. The Morgan fingerprint density at radius 3 is 2.54 bits per heavy atom. The van der Waals surface area contributed by atoms with Crippen LogP contribution in [0.1, 0.15) is 54.0 Å². The lowest BCUT2D eigenvalue weighted by molar-refractivity contribution is -0.138. The zero-order valence-electron chi connectivity index (χ0n) is 15.4. The highest BCUT2D eigenvalue weighted by Gasteiger charge is 2.36. The summed E-state index contributed by atoms with van der Waals surface area (Å²) >= 11 is 0. The Hall–Kier alpha value is -2.47. The Kier molecular flexibility index (Phi) is 5.06. The highest BCUT2D eigenvalue weighted by Crippen LogP contribution is 2.42. The molecule has 0 bridgehead atoms. The minimum absolute atomic E-state index is 0.00307. The normalized spacial score (nSPS) is 15.4. The third-order valence-corrected chi connectivity index (χ3v) is 5.44. The molecule has 0 radical (unpaired) electrons. The number of halogens is 3. The first kappa shape index (κ1) is 18.9. The van der Waals surface area contributed by atoms with Crippen LogP contribution in [0.4, 0.5) is 13.2 Å². The predicted octanol–water partition coefficient (Wildman–Crippen LogP) is 5.92. The summed E-state index contributed by atoms with van der Waals surface area (Å²) in [5, 5.41) is 10.1. The second-order valence-electron chi connectivity index (χ2n) is 7.39. The lowest BCUT2D eigenvalue weighted by atomic mass is 9.91. The molecule has 0 spiro atoms. The van der Waals surface area contributed by atoms with Gasteiger partial charge in [0.05, 0.1) is 12.2 Å². The quantitative estimate of drug-likeness (QED) is 0.569. The second-order valence-corrected chi connectivity index (χ2v) is 7.39. The Labute approximate surface area is 161 Å². The Bertz CT molecular complexity index is 972. The Morgan fingerprint density at radius 2 is 1.82 bits per heavy atom. The molecule has 0 saturated heterocycles. The number of aliphatic hydroxyl groups is 1. The van der Waals surface area contributed by atoms with Crippen molar-refractivity contribution in [2.24, 2.45) is 0 Å². The number of hydrogen-bond acceptors (Lipinski definition) is 2. The van der Waals surface area contributed by atoms with Gasteiger partial charge in [-0.1, -0.05) is 25.0 Å². The van der Waals surface area contributed by atoms with Crippen LogP contribution < -0.4 is 4.74 Å². The van der Waals surface area contributed by atoms with Gasteiger partial charge in [-0.25, -0.2) is 0 Å². The number of aromatic amines is 1. The molecule has 3 nitrogen and oxygen atoms in total. The molecule has 6 heteroatoms. The number of ether oxygens (including phenoxy) is 1. The van der Waals surface area contributed by atoms with Crippen LogP contribution in [0.2, 0.25) is 0 Å². The third kappa shape index (κ3) is 3.87. The van der Waals surface area contributed by atoms with Gasteiger partial charge >= 0.3 is 6.18 Å². The molecule has 1 aliphatic rings. The van der Waals surface area contributed by atoms with Crippen molar-refractivity contribution in [3.8, 4) is 5.75 Å². The predicted molar refractivity (Wildman–Crippen MR) is 101 cm³/mol. The van der Waals surface area contributed by atoms with Crippen molar-refractivity contribution < 1.29 is 23.0 Å². The largest absolute Gasteiger partial charge is 0.489 e. The van der Waals surface area contributed by atoms with E-state index in [-0.39, 0.29) is 19.1 Å². The van der Waals surface area contributed by atoms with Gasteiger partial charge in [0.1, 0.15) is 12.4 Å². The average molecular weight is 389 g/mol. The number of aromatic nitrogens is 1. The number of aliphatic hydroxyl groups excluding tert-OH is 1. The maximum absolute atomic E-state index is 13.6. The molecule has 1 heterocycles. The Balaban J connectivity index is 1.54. The van der Waals surface area contributed by atoms with E-state index in [1.807, 2.05) is 18.2 Å². The number of rotatable bonds is 5. The fourth-order valence-electron chi connectivity index (χ4n) is 4.04. The van der Waals surface area contributed by atoms with Gasteiger partial charge < -0.3 is 14.8 Å². The van der Waals surface area contributed by atoms with E-state index in [4.69, 9.17) is 4.74 Å². The highest BCUT2D eigenvalue weighted by atomic mass is 19.4. The summed E-state index contributed by atoms with van der Waals surface area (Å²) < 4.78 is 46.5. The van der Waals surface area contributed by atoms with Gasteiger partial charge in [-0.3, -0.25) is 0 Å². The van der Waals surface area contributed by atoms with Gasteiger partial charge in [0.25, 0.3) is 0 Å². The van der Waals surface area contributed by atoms with Crippen LogP contribution >= 0.6 is 0 Å².